The molecule has 1 N–H and O–H groups in total. The van der Waals surface area contributed by atoms with Crippen molar-refractivity contribution in [1.29, 1.82) is 0 Å². The van der Waals surface area contributed by atoms with Crippen molar-refractivity contribution < 1.29 is 4.39 Å². The van der Waals surface area contributed by atoms with Gasteiger partial charge in [0.05, 0.1) is 5.02 Å². The van der Waals surface area contributed by atoms with Crippen LogP contribution in [0.2, 0.25) is 5.02 Å². The van der Waals surface area contributed by atoms with Crippen molar-refractivity contribution in [2.75, 3.05) is 5.32 Å². The summed E-state index contributed by atoms with van der Waals surface area (Å²) >= 11 is 9.41. The molecular formula is C15H14BrClFN. The average Bonchev–Trinajstić information content (AvgIpc) is 2.33. The topological polar surface area (TPSA) is 12.0 Å². The average molecular weight is 343 g/mol. The number of benzene rings is 2. The van der Waals surface area contributed by atoms with Crippen molar-refractivity contribution in [3.05, 3.63) is 62.3 Å². The highest BCUT2D eigenvalue weighted by Gasteiger charge is 2.08. The minimum atomic E-state index is -0.384. The number of halogens is 3. The van der Waals surface area contributed by atoms with Gasteiger partial charge in [0.1, 0.15) is 5.82 Å². The minimum absolute atomic E-state index is 0.183. The molecular weight excluding hydrogens is 329 g/mol. The summed E-state index contributed by atoms with van der Waals surface area (Å²) in [5.74, 6) is -0.384. The molecule has 0 aromatic heterocycles. The Kier molecular flexibility index (Phi) is 4.48. The van der Waals surface area contributed by atoms with Gasteiger partial charge in [-0.15, -0.1) is 0 Å². The van der Waals surface area contributed by atoms with E-state index in [0.717, 1.165) is 26.9 Å². The van der Waals surface area contributed by atoms with Crippen molar-refractivity contribution in [2.24, 2.45) is 0 Å². The second kappa shape index (κ2) is 5.93. The van der Waals surface area contributed by atoms with Gasteiger partial charge in [0, 0.05) is 16.7 Å². The molecule has 0 atom stereocenters. The first kappa shape index (κ1) is 14.4. The summed E-state index contributed by atoms with van der Waals surface area (Å²) in [6.07, 6.45) is 0. The monoisotopic (exact) mass is 341 g/mol. The molecule has 0 saturated heterocycles. The lowest BCUT2D eigenvalue weighted by molar-refractivity contribution is 0.626. The molecule has 0 amide bonds. The summed E-state index contributed by atoms with van der Waals surface area (Å²) < 4.78 is 14.4. The van der Waals surface area contributed by atoms with E-state index in [-0.39, 0.29) is 10.8 Å². The molecule has 1 nitrogen and oxygen atoms in total. The van der Waals surface area contributed by atoms with E-state index in [1.54, 1.807) is 6.07 Å². The summed E-state index contributed by atoms with van der Waals surface area (Å²) in [5, 5.41) is 3.50. The lowest BCUT2D eigenvalue weighted by atomic mass is 10.1. The van der Waals surface area contributed by atoms with Crippen LogP contribution in [0.15, 0.2) is 34.8 Å². The highest BCUT2D eigenvalue weighted by atomic mass is 79.9. The third-order valence-electron chi connectivity index (χ3n) is 2.98. The zero-order valence-corrected chi connectivity index (χ0v) is 13.1. The summed E-state index contributed by atoms with van der Waals surface area (Å²) in [5.41, 5.74) is 4.09. The molecule has 0 fully saturated rings. The molecule has 2 aromatic carbocycles. The number of anilines is 1. The van der Waals surface area contributed by atoms with E-state index in [1.165, 1.54) is 6.07 Å². The Bertz CT molecular complexity index is 590. The smallest absolute Gasteiger partial charge is 0.142 e. The van der Waals surface area contributed by atoms with Crippen molar-refractivity contribution in [3.63, 3.8) is 0 Å². The molecule has 0 heterocycles. The van der Waals surface area contributed by atoms with E-state index in [0.29, 0.717) is 6.54 Å². The van der Waals surface area contributed by atoms with Gasteiger partial charge >= 0.3 is 0 Å². The van der Waals surface area contributed by atoms with Crippen LogP contribution >= 0.6 is 27.5 Å². The SMILES string of the molecule is Cc1cc(Br)cc(C)c1NCc1cccc(F)c1Cl. The molecule has 19 heavy (non-hydrogen) atoms. The van der Waals surface area contributed by atoms with Crippen LogP contribution in [0.25, 0.3) is 0 Å². The van der Waals surface area contributed by atoms with Gasteiger partial charge in [0.15, 0.2) is 0 Å². The second-order valence-corrected chi connectivity index (χ2v) is 5.77. The van der Waals surface area contributed by atoms with Gasteiger partial charge in [-0.3, -0.25) is 0 Å². The van der Waals surface area contributed by atoms with E-state index in [4.69, 9.17) is 11.6 Å². The van der Waals surface area contributed by atoms with Gasteiger partial charge in [0.2, 0.25) is 0 Å². The van der Waals surface area contributed by atoms with Crippen LogP contribution in [0.3, 0.4) is 0 Å². The predicted molar refractivity (Wildman–Crippen MR) is 82.4 cm³/mol. The Hall–Kier alpha value is -1.06. The Balaban J connectivity index is 2.22. The Labute approximate surface area is 125 Å². The molecule has 100 valence electrons. The maximum atomic E-state index is 13.4. The third kappa shape index (κ3) is 3.28. The van der Waals surface area contributed by atoms with Gasteiger partial charge in [0.25, 0.3) is 0 Å². The lowest BCUT2D eigenvalue weighted by Crippen LogP contribution is -2.04. The summed E-state index contributed by atoms with van der Waals surface area (Å²) in [6, 6.07) is 8.94. The Morgan fingerprint density at radius 3 is 2.47 bits per heavy atom. The second-order valence-electron chi connectivity index (χ2n) is 4.48. The van der Waals surface area contributed by atoms with Crippen LogP contribution in [0.4, 0.5) is 10.1 Å². The first-order valence-electron chi connectivity index (χ1n) is 5.92. The maximum absolute atomic E-state index is 13.4. The maximum Gasteiger partial charge on any atom is 0.142 e. The lowest BCUT2D eigenvalue weighted by Gasteiger charge is -2.14. The van der Waals surface area contributed by atoms with Gasteiger partial charge in [-0.2, -0.15) is 0 Å². The van der Waals surface area contributed by atoms with Crippen LogP contribution in [0.1, 0.15) is 16.7 Å². The first-order valence-corrected chi connectivity index (χ1v) is 7.09. The molecule has 0 unspecified atom stereocenters. The molecule has 2 aromatic rings. The standard InChI is InChI=1S/C15H14BrClFN/c1-9-6-12(16)7-10(2)15(9)19-8-11-4-3-5-13(18)14(11)17/h3-7,19H,8H2,1-2H3. The number of aryl methyl sites for hydroxylation is 2. The first-order chi connectivity index (χ1) is 8.99. The summed E-state index contributed by atoms with van der Waals surface area (Å²) in [6.45, 7) is 4.57. The fourth-order valence-electron chi connectivity index (χ4n) is 2.06. The fraction of sp³-hybridized carbons (Fsp3) is 0.200. The van der Waals surface area contributed by atoms with Crippen molar-refractivity contribution >= 4 is 33.2 Å². The molecule has 0 bridgehead atoms. The van der Waals surface area contributed by atoms with E-state index in [2.05, 4.69) is 21.2 Å². The molecule has 0 saturated carbocycles. The molecule has 0 radical (unpaired) electrons. The summed E-state index contributed by atoms with van der Waals surface area (Å²) in [4.78, 5) is 0. The Morgan fingerprint density at radius 1 is 1.21 bits per heavy atom. The van der Waals surface area contributed by atoms with Crippen LogP contribution in [-0.4, -0.2) is 0 Å². The summed E-state index contributed by atoms with van der Waals surface area (Å²) in [7, 11) is 0. The molecule has 0 aliphatic carbocycles. The van der Waals surface area contributed by atoms with Gasteiger partial charge in [-0.1, -0.05) is 39.7 Å². The van der Waals surface area contributed by atoms with Crippen LogP contribution in [0.5, 0.6) is 0 Å². The molecule has 4 heteroatoms. The zero-order chi connectivity index (χ0) is 14.0. The van der Waals surface area contributed by atoms with Gasteiger partial charge in [-0.05, 0) is 48.7 Å². The molecule has 0 spiro atoms. The normalized spacial score (nSPS) is 10.6. The van der Waals surface area contributed by atoms with E-state index >= 15 is 0 Å². The highest BCUT2D eigenvalue weighted by molar-refractivity contribution is 9.10. The quantitative estimate of drug-likeness (QED) is 0.780. The minimum Gasteiger partial charge on any atom is -0.380 e. The molecule has 2 rings (SSSR count). The fourth-order valence-corrected chi connectivity index (χ4v) is 2.94. The van der Waals surface area contributed by atoms with Crippen molar-refractivity contribution in [1.82, 2.24) is 0 Å². The molecule has 0 aliphatic heterocycles. The number of rotatable bonds is 3. The van der Waals surface area contributed by atoms with Gasteiger partial charge in [-0.25, -0.2) is 4.39 Å². The highest BCUT2D eigenvalue weighted by Crippen LogP contribution is 2.27. The van der Waals surface area contributed by atoms with E-state index in [9.17, 15) is 4.39 Å². The largest absolute Gasteiger partial charge is 0.380 e. The molecule has 0 aliphatic rings. The van der Waals surface area contributed by atoms with E-state index < -0.39 is 0 Å². The van der Waals surface area contributed by atoms with E-state index in [1.807, 2.05) is 32.0 Å². The van der Waals surface area contributed by atoms with Crippen LogP contribution in [0, 0.1) is 19.7 Å². The number of hydrogen-bond acceptors (Lipinski definition) is 1. The van der Waals surface area contributed by atoms with Crippen LogP contribution in [-0.2, 0) is 6.54 Å². The third-order valence-corrected chi connectivity index (χ3v) is 3.87. The van der Waals surface area contributed by atoms with Crippen LogP contribution < -0.4 is 5.32 Å². The van der Waals surface area contributed by atoms with Gasteiger partial charge < -0.3 is 5.32 Å². The predicted octanol–water partition coefficient (Wildman–Crippen LogP) is 5.47. The Morgan fingerprint density at radius 2 is 1.84 bits per heavy atom. The van der Waals surface area contributed by atoms with Crippen molar-refractivity contribution in [3.8, 4) is 0 Å². The zero-order valence-electron chi connectivity index (χ0n) is 10.7. The number of hydrogen-bond donors (Lipinski definition) is 1. The van der Waals surface area contributed by atoms with Crippen molar-refractivity contribution in [2.45, 2.75) is 20.4 Å². The number of nitrogens with one attached hydrogen (secondary N) is 1.